The van der Waals surface area contributed by atoms with Crippen molar-refractivity contribution in [3.8, 4) is 0 Å². The Labute approximate surface area is 72.2 Å². The summed E-state index contributed by atoms with van der Waals surface area (Å²) in [5, 5.41) is 3.54. The molecule has 0 aliphatic heterocycles. The number of nitrogens with two attached hydrogens (primary N) is 1. The molecule has 0 radical (unpaired) electrons. The Kier molecular flexibility index (Phi) is 4.26. The third-order valence-electron chi connectivity index (χ3n) is 2.32. The molecule has 2 N–H and O–H groups in total. The first kappa shape index (κ1) is 10.6. The summed E-state index contributed by atoms with van der Waals surface area (Å²) < 4.78 is 0. The number of azide groups is 1. The van der Waals surface area contributed by atoms with E-state index in [2.05, 4.69) is 10.0 Å². The monoisotopic (exact) mass is 176 g/mol. The van der Waals surface area contributed by atoms with Crippen LogP contribution in [-0.4, -0.2) is 13.1 Å². The zero-order valence-electron chi connectivity index (χ0n) is 6.36. The minimum absolute atomic E-state index is 0. The van der Waals surface area contributed by atoms with Gasteiger partial charge in [0.2, 0.25) is 0 Å². The van der Waals surface area contributed by atoms with Gasteiger partial charge in [0.1, 0.15) is 0 Å². The maximum absolute atomic E-state index is 8.06. The summed E-state index contributed by atoms with van der Waals surface area (Å²) in [6.45, 7) is 1.24. The number of hydrogen-bond acceptors (Lipinski definition) is 2. The van der Waals surface area contributed by atoms with Gasteiger partial charge >= 0.3 is 0 Å². The van der Waals surface area contributed by atoms with E-state index in [4.69, 9.17) is 11.3 Å². The Morgan fingerprint density at radius 1 is 1.55 bits per heavy atom. The lowest BCUT2D eigenvalue weighted by Crippen LogP contribution is -2.39. The average molecular weight is 177 g/mol. The zero-order chi connectivity index (χ0) is 7.45. The molecule has 5 heteroatoms. The molecule has 0 atom stereocenters. The van der Waals surface area contributed by atoms with Gasteiger partial charge < -0.3 is 5.73 Å². The smallest absolute Gasteiger partial charge is 0.0326 e. The fourth-order valence-electron chi connectivity index (χ4n) is 1.29. The van der Waals surface area contributed by atoms with Crippen LogP contribution in [0.25, 0.3) is 10.4 Å². The van der Waals surface area contributed by atoms with Crippen LogP contribution in [-0.2, 0) is 0 Å². The van der Waals surface area contributed by atoms with Crippen LogP contribution >= 0.6 is 12.4 Å². The summed E-state index contributed by atoms with van der Waals surface area (Å²) in [4.78, 5) is 2.72. The Morgan fingerprint density at radius 3 is 2.45 bits per heavy atom. The molecule has 0 bridgehead atoms. The van der Waals surface area contributed by atoms with Crippen LogP contribution in [0, 0.1) is 5.41 Å². The highest BCUT2D eigenvalue weighted by molar-refractivity contribution is 5.85. The largest absolute Gasteiger partial charge is 0.330 e. The molecule has 0 aromatic carbocycles. The maximum atomic E-state index is 8.06. The first-order valence-electron chi connectivity index (χ1n) is 3.54. The van der Waals surface area contributed by atoms with E-state index in [-0.39, 0.29) is 17.8 Å². The molecule has 0 aromatic rings. The second-order valence-corrected chi connectivity index (χ2v) is 2.95. The summed E-state index contributed by atoms with van der Waals surface area (Å²) in [5.41, 5.74) is 13.8. The molecule has 1 aliphatic carbocycles. The van der Waals surface area contributed by atoms with Gasteiger partial charge in [-0.05, 0) is 30.3 Å². The third kappa shape index (κ3) is 2.26. The molecule has 0 amide bonds. The highest BCUT2D eigenvalue weighted by atomic mass is 35.5. The van der Waals surface area contributed by atoms with Crippen molar-refractivity contribution in [3.05, 3.63) is 10.4 Å². The van der Waals surface area contributed by atoms with Crippen molar-refractivity contribution < 1.29 is 0 Å². The fraction of sp³-hybridized carbons (Fsp3) is 1.00. The van der Waals surface area contributed by atoms with Crippen LogP contribution in [0.15, 0.2) is 5.11 Å². The Balaban J connectivity index is 0.000001000. The van der Waals surface area contributed by atoms with Crippen LogP contribution in [0.2, 0.25) is 0 Å². The van der Waals surface area contributed by atoms with E-state index in [1.807, 2.05) is 0 Å². The molecule has 0 aromatic heterocycles. The lowest BCUT2D eigenvalue weighted by atomic mass is 9.69. The van der Waals surface area contributed by atoms with Gasteiger partial charge in [-0.25, -0.2) is 0 Å². The van der Waals surface area contributed by atoms with Gasteiger partial charge in [-0.3, -0.25) is 0 Å². The average Bonchev–Trinajstić information content (AvgIpc) is 1.87. The summed E-state index contributed by atoms with van der Waals surface area (Å²) in [5.74, 6) is 0. The van der Waals surface area contributed by atoms with Crippen molar-refractivity contribution in [1.29, 1.82) is 0 Å². The van der Waals surface area contributed by atoms with Crippen LogP contribution in [0.1, 0.15) is 19.3 Å². The minimum atomic E-state index is 0. The fourth-order valence-corrected chi connectivity index (χ4v) is 1.29. The molecule has 1 rings (SSSR count). The highest BCUT2D eigenvalue weighted by Crippen LogP contribution is 2.39. The molecular formula is C6H13ClN4. The number of hydrogen-bond donors (Lipinski definition) is 1. The Hall–Kier alpha value is -0.440. The summed E-state index contributed by atoms with van der Waals surface area (Å²) in [6.07, 6.45) is 3.49. The quantitative estimate of drug-likeness (QED) is 0.398. The summed E-state index contributed by atoms with van der Waals surface area (Å²) in [6, 6.07) is 0. The van der Waals surface area contributed by atoms with Gasteiger partial charge in [0.15, 0.2) is 0 Å². The summed E-state index contributed by atoms with van der Waals surface area (Å²) >= 11 is 0. The summed E-state index contributed by atoms with van der Waals surface area (Å²) in [7, 11) is 0. The number of nitrogens with zero attached hydrogens (tertiary/aromatic N) is 3. The lowest BCUT2D eigenvalue weighted by molar-refractivity contribution is 0.156. The van der Waals surface area contributed by atoms with E-state index >= 15 is 0 Å². The van der Waals surface area contributed by atoms with Crippen molar-refractivity contribution in [2.45, 2.75) is 19.3 Å². The topological polar surface area (TPSA) is 74.8 Å². The number of halogens is 1. The van der Waals surface area contributed by atoms with E-state index in [0.717, 1.165) is 12.8 Å². The van der Waals surface area contributed by atoms with Gasteiger partial charge in [0.25, 0.3) is 0 Å². The first-order valence-corrected chi connectivity index (χ1v) is 3.54. The molecule has 0 heterocycles. The van der Waals surface area contributed by atoms with E-state index in [0.29, 0.717) is 13.1 Å². The third-order valence-corrected chi connectivity index (χ3v) is 2.32. The molecule has 64 valence electrons. The standard InChI is InChI=1S/C6H12N4.ClH/c7-4-6(2-1-3-6)5-9-10-8;/h1-5,7H2;1H. The zero-order valence-corrected chi connectivity index (χ0v) is 7.18. The SMILES string of the molecule is Cl.[N-]=[N+]=NCC1(CN)CCC1. The Morgan fingerprint density at radius 2 is 2.18 bits per heavy atom. The molecule has 0 saturated heterocycles. The number of rotatable bonds is 3. The van der Waals surface area contributed by atoms with Crippen molar-refractivity contribution in [2.75, 3.05) is 13.1 Å². The molecule has 1 aliphatic rings. The second-order valence-electron chi connectivity index (χ2n) is 2.95. The van der Waals surface area contributed by atoms with Crippen LogP contribution in [0.3, 0.4) is 0 Å². The van der Waals surface area contributed by atoms with Crippen LogP contribution < -0.4 is 5.73 Å². The molecule has 1 fully saturated rings. The van der Waals surface area contributed by atoms with Gasteiger partial charge in [0.05, 0.1) is 0 Å². The Bertz CT molecular complexity index is 154. The van der Waals surface area contributed by atoms with Crippen molar-refractivity contribution in [2.24, 2.45) is 16.3 Å². The molecule has 1 saturated carbocycles. The van der Waals surface area contributed by atoms with Gasteiger partial charge in [-0.1, -0.05) is 11.5 Å². The molecule has 4 nitrogen and oxygen atoms in total. The second kappa shape index (κ2) is 4.44. The van der Waals surface area contributed by atoms with Gasteiger partial charge in [-0.2, -0.15) is 0 Å². The van der Waals surface area contributed by atoms with Crippen molar-refractivity contribution in [1.82, 2.24) is 0 Å². The highest BCUT2D eigenvalue weighted by Gasteiger charge is 2.34. The predicted molar refractivity (Wildman–Crippen MR) is 46.6 cm³/mol. The predicted octanol–water partition coefficient (Wildman–Crippen LogP) is 1.85. The van der Waals surface area contributed by atoms with Crippen molar-refractivity contribution in [3.63, 3.8) is 0 Å². The van der Waals surface area contributed by atoms with E-state index in [9.17, 15) is 0 Å². The lowest BCUT2D eigenvalue weighted by Gasteiger charge is -2.39. The van der Waals surface area contributed by atoms with Crippen LogP contribution in [0.4, 0.5) is 0 Å². The first-order chi connectivity index (χ1) is 4.83. The minimum Gasteiger partial charge on any atom is -0.330 e. The van der Waals surface area contributed by atoms with E-state index in [1.54, 1.807) is 0 Å². The molecular weight excluding hydrogens is 164 g/mol. The van der Waals surface area contributed by atoms with Crippen LogP contribution in [0.5, 0.6) is 0 Å². The normalized spacial score (nSPS) is 19.0. The van der Waals surface area contributed by atoms with Gasteiger partial charge in [-0.15, -0.1) is 12.4 Å². The molecule has 0 unspecified atom stereocenters. The maximum Gasteiger partial charge on any atom is 0.0326 e. The molecule has 0 spiro atoms. The van der Waals surface area contributed by atoms with E-state index in [1.165, 1.54) is 6.42 Å². The molecule has 11 heavy (non-hydrogen) atoms. The van der Waals surface area contributed by atoms with Gasteiger partial charge in [0, 0.05) is 11.5 Å². The van der Waals surface area contributed by atoms with Crippen molar-refractivity contribution >= 4 is 12.4 Å². The van der Waals surface area contributed by atoms with E-state index < -0.39 is 0 Å².